The molecule has 1 aliphatic rings. The maximum atomic E-state index is 10.6. The summed E-state index contributed by atoms with van der Waals surface area (Å²) in [6.07, 6.45) is -1.49. The molecule has 2 N–H and O–H groups in total. The summed E-state index contributed by atoms with van der Waals surface area (Å²) in [6.45, 7) is 2.52. The lowest BCUT2D eigenvalue weighted by molar-refractivity contribution is -0.146. The van der Waals surface area contributed by atoms with Crippen LogP contribution in [-0.2, 0) is 9.53 Å². The van der Waals surface area contributed by atoms with Crippen LogP contribution in [0.2, 0.25) is 0 Å². The van der Waals surface area contributed by atoms with E-state index >= 15 is 0 Å². The Kier molecular flexibility index (Phi) is 3.10. The van der Waals surface area contributed by atoms with Crippen LogP contribution in [0.3, 0.4) is 0 Å². The molecule has 5 nitrogen and oxygen atoms in total. The molecule has 5 heteroatoms. The van der Waals surface area contributed by atoms with Crippen molar-refractivity contribution < 1.29 is 19.7 Å². The second-order valence-corrected chi connectivity index (χ2v) is 3.96. The lowest BCUT2D eigenvalue weighted by Crippen LogP contribution is -2.10. The average molecular weight is 235 g/mol. The smallest absolute Gasteiger partial charge is 0.337 e. The molecule has 1 aromatic rings. The number of ether oxygens (including phenoxy) is 1. The number of rotatable bonds is 3. The van der Waals surface area contributed by atoms with Crippen molar-refractivity contribution in [1.82, 2.24) is 0 Å². The number of carbonyl (C=O) groups is 1. The number of carboxylic acids is 1. The zero-order valence-electron chi connectivity index (χ0n) is 9.33. The predicted molar refractivity (Wildman–Crippen MR) is 61.0 cm³/mol. The monoisotopic (exact) mass is 235 g/mol. The highest BCUT2D eigenvalue weighted by atomic mass is 16.5. The Morgan fingerprint density at radius 3 is 2.59 bits per heavy atom. The first kappa shape index (κ1) is 11.6. The minimum absolute atomic E-state index is 0.147. The van der Waals surface area contributed by atoms with Crippen LogP contribution in [0.5, 0.6) is 0 Å². The van der Waals surface area contributed by atoms with Crippen LogP contribution in [0.25, 0.3) is 0 Å². The normalized spacial score (nSPS) is 20.6. The molecular formula is C12H13NO4. The molecule has 0 saturated heterocycles. The number of nitrogens with zero attached hydrogens (tertiary/aromatic N) is 1. The first-order valence-corrected chi connectivity index (χ1v) is 5.29. The molecule has 0 spiro atoms. The van der Waals surface area contributed by atoms with Gasteiger partial charge in [0.1, 0.15) is 6.61 Å². The number of carboxylic acid groups (broad SMARTS) is 1. The third-order valence-corrected chi connectivity index (χ3v) is 2.51. The van der Waals surface area contributed by atoms with E-state index in [0.717, 1.165) is 5.56 Å². The summed E-state index contributed by atoms with van der Waals surface area (Å²) in [5.74, 6) is -0.699. The van der Waals surface area contributed by atoms with Crippen LogP contribution >= 0.6 is 0 Å². The second-order valence-electron chi connectivity index (χ2n) is 3.96. The molecule has 90 valence electrons. The van der Waals surface area contributed by atoms with E-state index in [1.807, 2.05) is 6.92 Å². The minimum atomic E-state index is -1.49. The quantitative estimate of drug-likeness (QED) is 0.818. The van der Waals surface area contributed by atoms with Gasteiger partial charge in [-0.3, -0.25) is 0 Å². The summed E-state index contributed by atoms with van der Waals surface area (Å²) in [7, 11) is 0. The number of aliphatic hydroxyl groups is 1. The summed E-state index contributed by atoms with van der Waals surface area (Å²) in [4.78, 5) is 14.9. The maximum absolute atomic E-state index is 10.6. The number of hydrogen-bond acceptors (Lipinski definition) is 4. The van der Waals surface area contributed by atoms with Gasteiger partial charge in [-0.25, -0.2) is 9.79 Å². The van der Waals surface area contributed by atoms with Crippen molar-refractivity contribution in [2.45, 2.75) is 19.1 Å². The van der Waals surface area contributed by atoms with Crippen molar-refractivity contribution >= 4 is 11.9 Å². The summed E-state index contributed by atoms with van der Waals surface area (Å²) < 4.78 is 5.37. The molecule has 2 rings (SSSR count). The Labute approximate surface area is 98.4 Å². The molecule has 1 heterocycles. The second kappa shape index (κ2) is 4.55. The Hall–Kier alpha value is -1.88. The Morgan fingerprint density at radius 2 is 2.12 bits per heavy atom. The van der Waals surface area contributed by atoms with Gasteiger partial charge in [-0.2, -0.15) is 0 Å². The molecular weight excluding hydrogens is 222 g/mol. The number of benzene rings is 1. The topological polar surface area (TPSA) is 79.1 Å². The molecule has 1 aromatic carbocycles. The van der Waals surface area contributed by atoms with Gasteiger partial charge in [0.15, 0.2) is 6.10 Å². The van der Waals surface area contributed by atoms with E-state index in [1.165, 1.54) is 0 Å². The molecule has 0 amide bonds. The molecule has 2 unspecified atom stereocenters. The van der Waals surface area contributed by atoms with Gasteiger partial charge in [-0.1, -0.05) is 12.1 Å². The van der Waals surface area contributed by atoms with Crippen LogP contribution in [0.1, 0.15) is 24.2 Å². The highest BCUT2D eigenvalue weighted by molar-refractivity contribution is 5.95. The van der Waals surface area contributed by atoms with Gasteiger partial charge in [0.25, 0.3) is 0 Å². The first-order valence-electron chi connectivity index (χ1n) is 5.29. The fraction of sp³-hybridized carbons (Fsp3) is 0.333. The van der Waals surface area contributed by atoms with Crippen LogP contribution in [0.4, 0.5) is 0 Å². The van der Waals surface area contributed by atoms with Gasteiger partial charge in [0.05, 0.1) is 6.04 Å². The largest absolute Gasteiger partial charge is 0.479 e. The van der Waals surface area contributed by atoms with Crippen LogP contribution in [-0.4, -0.2) is 34.7 Å². The van der Waals surface area contributed by atoms with Crippen molar-refractivity contribution in [3.8, 4) is 0 Å². The Balaban J connectivity index is 2.19. The summed E-state index contributed by atoms with van der Waals surface area (Å²) in [5.41, 5.74) is 1.13. The molecule has 0 saturated carbocycles. The van der Waals surface area contributed by atoms with Crippen molar-refractivity contribution in [3.05, 3.63) is 35.4 Å². The van der Waals surface area contributed by atoms with Crippen LogP contribution in [0, 0.1) is 0 Å². The minimum Gasteiger partial charge on any atom is -0.479 e. The van der Waals surface area contributed by atoms with E-state index in [2.05, 4.69) is 4.99 Å². The number of aliphatic imine (C=N–C) groups is 1. The van der Waals surface area contributed by atoms with E-state index in [9.17, 15) is 9.90 Å². The highest BCUT2D eigenvalue weighted by Crippen LogP contribution is 2.17. The van der Waals surface area contributed by atoms with Crippen molar-refractivity contribution in [2.75, 3.05) is 6.61 Å². The summed E-state index contributed by atoms with van der Waals surface area (Å²) >= 11 is 0. The molecule has 0 fully saturated rings. The van der Waals surface area contributed by atoms with Crippen LogP contribution < -0.4 is 0 Å². The van der Waals surface area contributed by atoms with E-state index < -0.39 is 12.1 Å². The van der Waals surface area contributed by atoms with E-state index in [1.54, 1.807) is 24.3 Å². The molecule has 2 atom stereocenters. The lowest BCUT2D eigenvalue weighted by Gasteiger charge is -2.06. The van der Waals surface area contributed by atoms with Gasteiger partial charge >= 0.3 is 5.97 Å². The van der Waals surface area contributed by atoms with E-state index in [-0.39, 0.29) is 6.04 Å². The third kappa shape index (κ3) is 2.45. The SMILES string of the molecule is CC1COC(c2ccc(C(O)C(=O)O)cc2)=N1. The van der Waals surface area contributed by atoms with Gasteiger partial charge in [-0.05, 0) is 24.6 Å². The number of aliphatic hydroxyl groups excluding tert-OH is 1. The Morgan fingerprint density at radius 1 is 1.47 bits per heavy atom. The van der Waals surface area contributed by atoms with Crippen LogP contribution in [0.15, 0.2) is 29.3 Å². The van der Waals surface area contributed by atoms with Gasteiger partial charge in [0.2, 0.25) is 5.90 Å². The standard InChI is InChI=1S/C12H13NO4/c1-7-6-17-11(13-7)9-4-2-8(3-5-9)10(14)12(15)16/h2-5,7,10,14H,6H2,1H3,(H,15,16). The molecule has 0 aliphatic carbocycles. The number of aliphatic carboxylic acids is 1. The zero-order chi connectivity index (χ0) is 12.4. The third-order valence-electron chi connectivity index (χ3n) is 2.51. The van der Waals surface area contributed by atoms with Gasteiger partial charge in [-0.15, -0.1) is 0 Å². The summed E-state index contributed by atoms with van der Waals surface area (Å²) in [5, 5.41) is 18.0. The highest BCUT2D eigenvalue weighted by Gasteiger charge is 2.18. The number of hydrogen-bond donors (Lipinski definition) is 2. The lowest BCUT2D eigenvalue weighted by atomic mass is 10.1. The van der Waals surface area contributed by atoms with E-state index in [0.29, 0.717) is 18.1 Å². The fourth-order valence-corrected chi connectivity index (χ4v) is 1.58. The van der Waals surface area contributed by atoms with E-state index in [4.69, 9.17) is 9.84 Å². The Bertz CT molecular complexity index is 452. The van der Waals surface area contributed by atoms with Gasteiger partial charge < -0.3 is 14.9 Å². The molecule has 0 bridgehead atoms. The first-order chi connectivity index (χ1) is 8.08. The molecule has 17 heavy (non-hydrogen) atoms. The van der Waals surface area contributed by atoms with Crippen molar-refractivity contribution in [1.29, 1.82) is 0 Å². The maximum Gasteiger partial charge on any atom is 0.337 e. The molecule has 1 aliphatic heterocycles. The average Bonchev–Trinajstić information content (AvgIpc) is 2.75. The predicted octanol–water partition coefficient (Wildman–Crippen LogP) is 0.970. The molecule has 0 radical (unpaired) electrons. The fourth-order valence-electron chi connectivity index (χ4n) is 1.58. The van der Waals surface area contributed by atoms with Crippen molar-refractivity contribution in [2.24, 2.45) is 4.99 Å². The van der Waals surface area contributed by atoms with Crippen molar-refractivity contribution in [3.63, 3.8) is 0 Å². The van der Waals surface area contributed by atoms with Gasteiger partial charge in [0, 0.05) is 5.56 Å². The molecule has 0 aromatic heterocycles. The zero-order valence-corrected chi connectivity index (χ0v) is 9.33. The summed E-state index contributed by atoms with van der Waals surface area (Å²) in [6, 6.07) is 6.65.